The van der Waals surface area contributed by atoms with Crippen LogP contribution in [0.1, 0.15) is 50.8 Å². The van der Waals surface area contributed by atoms with Gasteiger partial charge in [0.2, 0.25) is 10.0 Å². The maximum Gasteiger partial charge on any atom is 0.241 e. The summed E-state index contributed by atoms with van der Waals surface area (Å²) in [4.78, 5) is 0.233. The van der Waals surface area contributed by atoms with E-state index in [-0.39, 0.29) is 10.9 Å². The summed E-state index contributed by atoms with van der Waals surface area (Å²) in [6, 6.07) is 14.2. The number of rotatable bonds is 7. The lowest BCUT2D eigenvalue weighted by molar-refractivity contribution is 0.340. The monoisotopic (exact) mass is 347 g/mol. The quantitative estimate of drug-likeness (QED) is 0.815. The minimum absolute atomic E-state index is 0.233. The molecule has 0 saturated carbocycles. The van der Waals surface area contributed by atoms with Crippen LogP contribution < -0.4 is 9.46 Å². The van der Waals surface area contributed by atoms with E-state index in [1.807, 2.05) is 38.1 Å². The molecule has 130 valence electrons. The highest BCUT2D eigenvalue weighted by Gasteiger charge is 2.18. The van der Waals surface area contributed by atoms with Crippen molar-refractivity contribution < 1.29 is 13.2 Å². The first-order valence-electron chi connectivity index (χ1n) is 8.18. The summed E-state index contributed by atoms with van der Waals surface area (Å²) >= 11 is 0. The number of nitrogens with one attached hydrogen (secondary N) is 1. The van der Waals surface area contributed by atoms with Crippen molar-refractivity contribution in [3.8, 4) is 5.75 Å². The van der Waals surface area contributed by atoms with Gasteiger partial charge in [-0.25, -0.2) is 13.1 Å². The third-order valence-corrected chi connectivity index (χ3v) is 5.44. The Morgan fingerprint density at radius 2 is 1.46 bits per heavy atom. The van der Waals surface area contributed by atoms with Crippen LogP contribution in [0.3, 0.4) is 0 Å². The van der Waals surface area contributed by atoms with Gasteiger partial charge in [0.25, 0.3) is 0 Å². The molecule has 1 atom stereocenters. The van der Waals surface area contributed by atoms with Crippen molar-refractivity contribution in [1.82, 2.24) is 4.72 Å². The van der Waals surface area contributed by atoms with Gasteiger partial charge in [0.15, 0.2) is 0 Å². The first-order chi connectivity index (χ1) is 11.3. The van der Waals surface area contributed by atoms with Gasteiger partial charge in [0.05, 0.1) is 11.5 Å². The summed E-state index contributed by atoms with van der Waals surface area (Å²) in [5.74, 6) is 1.11. The van der Waals surface area contributed by atoms with E-state index in [4.69, 9.17) is 4.74 Å². The summed E-state index contributed by atoms with van der Waals surface area (Å²) in [6.45, 7) is 8.54. The number of benzene rings is 2. The van der Waals surface area contributed by atoms with Crippen molar-refractivity contribution in [3.63, 3.8) is 0 Å². The number of hydrogen-bond acceptors (Lipinski definition) is 3. The minimum atomic E-state index is -3.57. The summed E-state index contributed by atoms with van der Waals surface area (Å²) in [5, 5.41) is 0. The summed E-state index contributed by atoms with van der Waals surface area (Å²) in [6.07, 6.45) is 0. The van der Waals surface area contributed by atoms with E-state index in [1.54, 1.807) is 24.3 Å². The average molecular weight is 347 g/mol. The molecule has 0 saturated heterocycles. The molecule has 0 aliphatic heterocycles. The van der Waals surface area contributed by atoms with Crippen LogP contribution in [-0.2, 0) is 10.0 Å². The molecular weight excluding hydrogens is 322 g/mol. The molecule has 4 nitrogen and oxygen atoms in total. The Bertz CT molecular complexity index is 750. The smallest absolute Gasteiger partial charge is 0.241 e. The SMILES string of the molecule is CCOc1ccc(S(=O)(=O)NC(C)c2ccc(C(C)C)cc2)cc1. The van der Waals surface area contributed by atoms with Gasteiger partial charge in [0.1, 0.15) is 5.75 Å². The molecule has 24 heavy (non-hydrogen) atoms. The molecule has 0 spiro atoms. The zero-order valence-corrected chi connectivity index (χ0v) is 15.4. The predicted octanol–water partition coefficient (Wildman–Crippen LogP) is 4.25. The number of sulfonamides is 1. The summed E-state index contributed by atoms with van der Waals surface area (Å²) in [5.41, 5.74) is 2.18. The third kappa shape index (κ3) is 4.58. The second-order valence-corrected chi connectivity index (χ2v) is 7.78. The first-order valence-corrected chi connectivity index (χ1v) is 9.67. The van der Waals surface area contributed by atoms with E-state index in [0.717, 1.165) is 5.56 Å². The molecule has 0 fully saturated rings. The fourth-order valence-corrected chi connectivity index (χ4v) is 3.65. The number of hydrogen-bond donors (Lipinski definition) is 1. The normalized spacial score (nSPS) is 13.0. The van der Waals surface area contributed by atoms with Crippen molar-refractivity contribution in [2.45, 2.75) is 44.6 Å². The maximum absolute atomic E-state index is 12.5. The van der Waals surface area contributed by atoms with E-state index in [9.17, 15) is 8.42 Å². The van der Waals surface area contributed by atoms with Gasteiger partial charge in [-0.3, -0.25) is 0 Å². The molecule has 1 N–H and O–H groups in total. The molecule has 0 bridgehead atoms. The number of ether oxygens (including phenoxy) is 1. The van der Waals surface area contributed by atoms with Crippen LogP contribution in [0.2, 0.25) is 0 Å². The van der Waals surface area contributed by atoms with Gasteiger partial charge in [-0.1, -0.05) is 38.1 Å². The maximum atomic E-state index is 12.5. The average Bonchev–Trinajstić information content (AvgIpc) is 2.55. The van der Waals surface area contributed by atoms with Crippen LogP contribution in [0.15, 0.2) is 53.4 Å². The van der Waals surface area contributed by atoms with E-state index in [1.165, 1.54) is 5.56 Å². The molecule has 0 heterocycles. The van der Waals surface area contributed by atoms with Gasteiger partial charge in [-0.05, 0) is 55.2 Å². The summed E-state index contributed by atoms with van der Waals surface area (Å²) in [7, 11) is -3.57. The van der Waals surface area contributed by atoms with Crippen LogP contribution in [0.25, 0.3) is 0 Å². The van der Waals surface area contributed by atoms with Gasteiger partial charge in [-0.15, -0.1) is 0 Å². The van der Waals surface area contributed by atoms with Crippen molar-refractivity contribution in [3.05, 3.63) is 59.7 Å². The van der Waals surface area contributed by atoms with Crippen molar-refractivity contribution in [2.24, 2.45) is 0 Å². The lowest BCUT2D eigenvalue weighted by Gasteiger charge is -2.16. The van der Waals surface area contributed by atoms with Crippen molar-refractivity contribution in [2.75, 3.05) is 6.61 Å². The van der Waals surface area contributed by atoms with Crippen LogP contribution in [-0.4, -0.2) is 15.0 Å². The molecule has 0 radical (unpaired) electrons. The Balaban J connectivity index is 2.12. The largest absolute Gasteiger partial charge is 0.494 e. The third-order valence-electron chi connectivity index (χ3n) is 3.88. The zero-order valence-electron chi connectivity index (χ0n) is 14.6. The van der Waals surface area contributed by atoms with E-state index in [2.05, 4.69) is 18.6 Å². The lowest BCUT2D eigenvalue weighted by atomic mass is 10.00. The molecule has 0 aromatic heterocycles. The highest BCUT2D eigenvalue weighted by atomic mass is 32.2. The first kappa shape index (κ1) is 18.5. The van der Waals surface area contributed by atoms with Crippen molar-refractivity contribution >= 4 is 10.0 Å². The Morgan fingerprint density at radius 3 is 1.96 bits per heavy atom. The Labute approximate surface area is 144 Å². The minimum Gasteiger partial charge on any atom is -0.494 e. The standard InChI is InChI=1S/C19H25NO3S/c1-5-23-18-10-12-19(13-11-18)24(21,22)20-15(4)17-8-6-16(7-9-17)14(2)3/h6-15,20H,5H2,1-4H3. The van der Waals surface area contributed by atoms with Crippen LogP contribution in [0.4, 0.5) is 0 Å². The fraction of sp³-hybridized carbons (Fsp3) is 0.368. The molecule has 0 aliphatic carbocycles. The van der Waals surface area contributed by atoms with Crippen LogP contribution in [0, 0.1) is 0 Å². The highest BCUT2D eigenvalue weighted by molar-refractivity contribution is 7.89. The molecule has 0 aliphatic rings. The molecule has 5 heteroatoms. The van der Waals surface area contributed by atoms with Gasteiger partial charge >= 0.3 is 0 Å². The van der Waals surface area contributed by atoms with Gasteiger partial charge < -0.3 is 4.74 Å². The Kier molecular flexibility index (Phi) is 6.02. The molecule has 2 rings (SSSR count). The predicted molar refractivity (Wildman–Crippen MR) is 96.9 cm³/mol. The van der Waals surface area contributed by atoms with Crippen LogP contribution >= 0.6 is 0 Å². The fourth-order valence-electron chi connectivity index (χ4n) is 2.42. The Morgan fingerprint density at radius 1 is 0.917 bits per heavy atom. The zero-order chi connectivity index (χ0) is 17.7. The summed E-state index contributed by atoms with van der Waals surface area (Å²) < 4.78 is 33.1. The molecule has 2 aromatic carbocycles. The molecule has 1 unspecified atom stereocenters. The lowest BCUT2D eigenvalue weighted by Crippen LogP contribution is -2.26. The highest BCUT2D eigenvalue weighted by Crippen LogP contribution is 2.21. The van der Waals surface area contributed by atoms with Gasteiger partial charge in [-0.2, -0.15) is 0 Å². The second kappa shape index (κ2) is 7.81. The van der Waals surface area contributed by atoms with E-state index < -0.39 is 10.0 Å². The Hall–Kier alpha value is -1.85. The topological polar surface area (TPSA) is 55.4 Å². The van der Waals surface area contributed by atoms with Gasteiger partial charge in [0, 0.05) is 6.04 Å². The molecular formula is C19H25NO3S. The van der Waals surface area contributed by atoms with Crippen LogP contribution in [0.5, 0.6) is 5.75 Å². The van der Waals surface area contributed by atoms with Crippen molar-refractivity contribution in [1.29, 1.82) is 0 Å². The van der Waals surface area contributed by atoms with E-state index >= 15 is 0 Å². The molecule has 2 aromatic rings. The second-order valence-electron chi connectivity index (χ2n) is 6.07. The molecule has 0 amide bonds. The van der Waals surface area contributed by atoms with E-state index in [0.29, 0.717) is 18.3 Å².